The second-order valence-corrected chi connectivity index (χ2v) is 3.42. The van der Waals surface area contributed by atoms with Crippen LogP contribution in [0, 0.1) is 0 Å². The van der Waals surface area contributed by atoms with Gasteiger partial charge in [-0.05, 0) is 0 Å². The van der Waals surface area contributed by atoms with Gasteiger partial charge < -0.3 is 10.6 Å². The van der Waals surface area contributed by atoms with Gasteiger partial charge in [-0.1, -0.05) is 0 Å². The SMILES string of the molecule is O=C1CCC(C(=O)NC2CNC2)=NN1. The van der Waals surface area contributed by atoms with Gasteiger partial charge in [-0.25, -0.2) is 5.43 Å². The van der Waals surface area contributed by atoms with Crippen LogP contribution in [-0.2, 0) is 9.59 Å². The van der Waals surface area contributed by atoms with E-state index < -0.39 is 0 Å². The highest BCUT2D eigenvalue weighted by Gasteiger charge is 2.23. The first kappa shape index (κ1) is 9.14. The number of hydrogen-bond acceptors (Lipinski definition) is 4. The van der Waals surface area contributed by atoms with Crippen molar-refractivity contribution >= 4 is 17.5 Å². The quantitative estimate of drug-likeness (QED) is 0.494. The number of carbonyl (C=O) groups is 2. The molecule has 2 rings (SSSR count). The van der Waals surface area contributed by atoms with Gasteiger partial charge in [0.05, 0.1) is 6.04 Å². The second kappa shape index (κ2) is 3.75. The van der Waals surface area contributed by atoms with Gasteiger partial charge in [0.25, 0.3) is 5.91 Å². The summed E-state index contributed by atoms with van der Waals surface area (Å²) in [6, 6.07) is 0.211. The van der Waals surface area contributed by atoms with Crippen LogP contribution >= 0.6 is 0 Å². The van der Waals surface area contributed by atoms with E-state index in [1.165, 1.54) is 0 Å². The van der Waals surface area contributed by atoms with Crippen molar-refractivity contribution in [3.05, 3.63) is 0 Å². The summed E-state index contributed by atoms with van der Waals surface area (Å²) in [6.07, 6.45) is 0.771. The Balaban J connectivity index is 1.87. The molecule has 76 valence electrons. The Morgan fingerprint density at radius 2 is 2.21 bits per heavy atom. The number of nitrogens with one attached hydrogen (secondary N) is 3. The summed E-state index contributed by atoms with van der Waals surface area (Å²) in [7, 11) is 0. The van der Waals surface area contributed by atoms with Crippen LogP contribution in [0.25, 0.3) is 0 Å². The Morgan fingerprint density at radius 1 is 1.43 bits per heavy atom. The first-order valence-corrected chi connectivity index (χ1v) is 4.62. The van der Waals surface area contributed by atoms with Crippen LogP contribution in [0.15, 0.2) is 5.10 Å². The fourth-order valence-corrected chi connectivity index (χ4v) is 1.30. The molecule has 0 unspecified atom stereocenters. The van der Waals surface area contributed by atoms with Gasteiger partial charge in [0.15, 0.2) is 0 Å². The zero-order chi connectivity index (χ0) is 9.97. The Labute approximate surface area is 81.1 Å². The predicted molar refractivity (Wildman–Crippen MR) is 49.6 cm³/mol. The topological polar surface area (TPSA) is 82.6 Å². The molecule has 14 heavy (non-hydrogen) atoms. The van der Waals surface area contributed by atoms with Crippen LogP contribution in [0.4, 0.5) is 0 Å². The van der Waals surface area contributed by atoms with E-state index in [4.69, 9.17) is 0 Å². The van der Waals surface area contributed by atoms with Gasteiger partial charge >= 0.3 is 0 Å². The van der Waals surface area contributed by atoms with Crippen molar-refractivity contribution in [2.45, 2.75) is 18.9 Å². The van der Waals surface area contributed by atoms with E-state index in [1.54, 1.807) is 0 Å². The van der Waals surface area contributed by atoms with Gasteiger partial charge in [-0.2, -0.15) is 5.10 Å². The zero-order valence-electron chi connectivity index (χ0n) is 7.67. The molecule has 0 aromatic heterocycles. The van der Waals surface area contributed by atoms with E-state index in [2.05, 4.69) is 21.2 Å². The van der Waals surface area contributed by atoms with Crippen LogP contribution in [0.1, 0.15) is 12.8 Å². The van der Waals surface area contributed by atoms with Gasteiger partial charge in [0.1, 0.15) is 5.71 Å². The summed E-state index contributed by atoms with van der Waals surface area (Å²) >= 11 is 0. The molecule has 1 fully saturated rings. The lowest BCUT2D eigenvalue weighted by Gasteiger charge is -2.28. The summed E-state index contributed by atoms with van der Waals surface area (Å²) in [6.45, 7) is 1.62. The minimum absolute atomic E-state index is 0.133. The van der Waals surface area contributed by atoms with Crippen LogP contribution in [0.5, 0.6) is 0 Å². The van der Waals surface area contributed by atoms with E-state index in [9.17, 15) is 9.59 Å². The Kier molecular flexibility index (Phi) is 2.45. The minimum Gasteiger partial charge on any atom is -0.346 e. The molecule has 0 aromatic carbocycles. The highest BCUT2D eigenvalue weighted by Crippen LogP contribution is 2.00. The minimum atomic E-state index is -0.170. The molecule has 6 nitrogen and oxygen atoms in total. The summed E-state index contributed by atoms with van der Waals surface area (Å²) in [4.78, 5) is 22.2. The van der Waals surface area contributed by atoms with Crippen LogP contribution < -0.4 is 16.1 Å². The zero-order valence-corrected chi connectivity index (χ0v) is 7.67. The third-order valence-electron chi connectivity index (χ3n) is 2.28. The molecule has 2 aliphatic rings. The molecule has 2 amide bonds. The van der Waals surface area contributed by atoms with E-state index in [0.717, 1.165) is 13.1 Å². The molecule has 0 atom stereocenters. The third-order valence-corrected chi connectivity index (χ3v) is 2.28. The van der Waals surface area contributed by atoms with Gasteiger partial charge in [-0.15, -0.1) is 0 Å². The van der Waals surface area contributed by atoms with E-state index >= 15 is 0 Å². The van der Waals surface area contributed by atoms with Crippen LogP contribution in [-0.4, -0.2) is 36.7 Å². The molecule has 0 aliphatic carbocycles. The molecule has 0 bridgehead atoms. The van der Waals surface area contributed by atoms with Crippen molar-refractivity contribution in [2.75, 3.05) is 13.1 Å². The molecule has 6 heteroatoms. The van der Waals surface area contributed by atoms with E-state index in [1.807, 2.05) is 0 Å². The molecular formula is C8H12N4O2. The molecule has 2 heterocycles. The number of hydrogen-bond donors (Lipinski definition) is 3. The van der Waals surface area contributed by atoms with Crippen molar-refractivity contribution in [1.29, 1.82) is 0 Å². The predicted octanol–water partition coefficient (Wildman–Crippen LogP) is -1.66. The molecule has 0 spiro atoms. The molecule has 3 N–H and O–H groups in total. The average molecular weight is 196 g/mol. The molecule has 1 saturated heterocycles. The smallest absolute Gasteiger partial charge is 0.267 e. The summed E-state index contributed by atoms with van der Waals surface area (Å²) in [5.41, 5.74) is 2.71. The van der Waals surface area contributed by atoms with E-state index in [0.29, 0.717) is 18.6 Å². The Bertz CT molecular complexity index is 296. The highest BCUT2D eigenvalue weighted by atomic mass is 16.2. The van der Waals surface area contributed by atoms with Crippen LogP contribution in [0.2, 0.25) is 0 Å². The average Bonchev–Trinajstić information content (AvgIpc) is 2.12. The lowest BCUT2D eigenvalue weighted by Crippen LogP contribution is -2.58. The van der Waals surface area contributed by atoms with Crippen molar-refractivity contribution in [3.8, 4) is 0 Å². The monoisotopic (exact) mass is 196 g/mol. The number of rotatable bonds is 2. The van der Waals surface area contributed by atoms with Crippen LogP contribution in [0.3, 0.4) is 0 Å². The number of nitrogens with zero attached hydrogens (tertiary/aromatic N) is 1. The second-order valence-electron chi connectivity index (χ2n) is 3.42. The summed E-state index contributed by atoms with van der Waals surface area (Å²) in [5.74, 6) is -0.302. The first-order valence-electron chi connectivity index (χ1n) is 4.62. The largest absolute Gasteiger partial charge is 0.346 e. The number of amides is 2. The molecule has 0 radical (unpaired) electrons. The lowest BCUT2D eigenvalue weighted by molar-refractivity contribution is -0.121. The first-order chi connectivity index (χ1) is 6.75. The van der Waals surface area contributed by atoms with Crippen molar-refractivity contribution in [2.24, 2.45) is 5.10 Å². The maximum Gasteiger partial charge on any atom is 0.267 e. The molecule has 0 aromatic rings. The van der Waals surface area contributed by atoms with Crippen molar-refractivity contribution in [1.82, 2.24) is 16.1 Å². The third kappa shape index (κ3) is 1.90. The Morgan fingerprint density at radius 3 is 2.71 bits per heavy atom. The fraction of sp³-hybridized carbons (Fsp3) is 0.625. The molecule has 2 aliphatic heterocycles. The number of carbonyl (C=O) groups excluding carboxylic acids is 2. The molecular weight excluding hydrogens is 184 g/mol. The summed E-state index contributed by atoms with van der Waals surface area (Å²) in [5, 5.41) is 9.58. The van der Waals surface area contributed by atoms with Gasteiger partial charge in [0.2, 0.25) is 5.91 Å². The normalized spacial score (nSPS) is 22.0. The van der Waals surface area contributed by atoms with E-state index in [-0.39, 0.29) is 17.9 Å². The highest BCUT2D eigenvalue weighted by molar-refractivity contribution is 6.39. The standard InChI is InChI=1S/C8H12N4O2/c13-7-2-1-6(11-12-7)8(14)10-5-3-9-4-5/h5,9H,1-4H2,(H,10,14)(H,12,13). The maximum atomic E-state index is 11.5. The number of hydrazone groups is 1. The fourth-order valence-electron chi connectivity index (χ4n) is 1.30. The lowest BCUT2D eigenvalue weighted by atomic mass is 10.1. The maximum absolute atomic E-state index is 11.5. The Hall–Kier alpha value is -1.43. The summed E-state index contributed by atoms with van der Waals surface area (Å²) < 4.78 is 0. The molecule has 0 saturated carbocycles. The van der Waals surface area contributed by atoms with Gasteiger partial charge in [0, 0.05) is 25.9 Å². The van der Waals surface area contributed by atoms with Crippen molar-refractivity contribution in [3.63, 3.8) is 0 Å². The van der Waals surface area contributed by atoms with Crippen molar-refractivity contribution < 1.29 is 9.59 Å². The van der Waals surface area contributed by atoms with Gasteiger partial charge in [-0.3, -0.25) is 9.59 Å².